The fourth-order valence-corrected chi connectivity index (χ4v) is 2.63. The molecule has 2 aromatic rings. The van der Waals surface area contributed by atoms with E-state index in [1.54, 1.807) is 0 Å². The molecule has 0 bridgehead atoms. The number of rotatable bonds is 4. The van der Waals surface area contributed by atoms with Gasteiger partial charge in [0.1, 0.15) is 11.5 Å². The van der Waals surface area contributed by atoms with Crippen LogP contribution >= 0.6 is 0 Å². The van der Waals surface area contributed by atoms with Crippen molar-refractivity contribution >= 4 is 11.8 Å². The molecule has 6 nitrogen and oxygen atoms in total. The third-order valence-electron chi connectivity index (χ3n) is 3.86. The molecular formula is C20H24N2O4. The number of carbonyl (C=O) groups is 2. The van der Waals surface area contributed by atoms with Crippen LogP contribution < -0.4 is 0 Å². The molecule has 0 saturated heterocycles. The molecule has 0 aliphatic heterocycles. The van der Waals surface area contributed by atoms with Crippen molar-refractivity contribution < 1.29 is 19.8 Å². The molecule has 0 aliphatic rings. The SMILES string of the molecule is CC(C)N(C(=O)c1ccc(O)cc1)N(C(=O)c1ccc(O)cc1)C(C)C. The molecule has 0 atom stereocenters. The van der Waals surface area contributed by atoms with Crippen molar-refractivity contribution in [1.82, 2.24) is 10.0 Å². The van der Waals surface area contributed by atoms with Gasteiger partial charge in [-0.05, 0) is 76.2 Å². The van der Waals surface area contributed by atoms with Crippen LogP contribution in [-0.2, 0) is 0 Å². The summed E-state index contributed by atoms with van der Waals surface area (Å²) in [5.74, 6) is -0.529. The van der Waals surface area contributed by atoms with E-state index in [4.69, 9.17) is 0 Å². The van der Waals surface area contributed by atoms with E-state index < -0.39 is 0 Å². The van der Waals surface area contributed by atoms with Crippen molar-refractivity contribution in [2.24, 2.45) is 0 Å². The number of carbonyl (C=O) groups excluding carboxylic acids is 2. The second-order valence-corrected chi connectivity index (χ2v) is 6.58. The quantitative estimate of drug-likeness (QED) is 0.823. The van der Waals surface area contributed by atoms with Gasteiger partial charge in [-0.25, -0.2) is 10.0 Å². The number of phenolic OH excluding ortho intramolecular Hbond substituents is 2. The first-order chi connectivity index (χ1) is 12.2. The maximum atomic E-state index is 13.0. The molecule has 2 aromatic carbocycles. The molecular weight excluding hydrogens is 332 g/mol. The molecule has 0 saturated carbocycles. The summed E-state index contributed by atoms with van der Waals surface area (Å²) in [6.45, 7) is 7.32. The number of aromatic hydroxyl groups is 2. The third-order valence-corrected chi connectivity index (χ3v) is 3.86. The van der Waals surface area contributed by atoms with E-state index in [0.717, 1.165) is 0 Å². The molecule has 2 rings (SSSR count). The molecule has 26 heavy (non-hydrogen) atoms. The minimum absolute atomic E-state index is 0.0681. The molecule has 0 radical (unpaired) electrons. The number of benzene rings is 2. The Balaban J connectivity index is 2.42. The third kappa shape index (κ3) is 4.14. The Morgan fingerprint density at radius 3 is 1.15 bits per heavy atom. The number of hydrogen-bond acceptors (Lipinski definition) is 4. The number of hydrogen-bond donors (Lipinski definition) is 2. The molecule has 2 N–H and O–H groups in total. The van der Waals surface area contributed by atoms with Gasteiger partial charge in [0.2, 0.25) is 0 Å². The van der Waals surface area contributed by atoms with Gasteiger partial charge in [0.25, 0.3) is 11.8 Å². The monoisotopic (exact) mass is 356 g/mol. The van der Waals surface area contributed by atoms with Gasteiger partial charge in [-0.2, -0.15) is 0 Å². The molecule has 2 amide bonds. The van der Waals surface area contributed by atoms with Crippen molar-refractivity contribution in [2.75, 3.05) is 0 Å². The Bertz CT molecular complexity index is 700. The highest BCUT2D eigenvalue weighted by molar-refractivity contribution is 5.99. The number of hydrazine groups is 1. The van der Waals surface area contributed by atoms with Crippen LogP contribution in [-0.4, -0.2) is 44.1 Å². The zero-order chi connectivity index (χ0) is 19.4. The van der Waals surface area contributed by atoms with Crippen LogP contribution in [0.3, 0.4) is 0 Å². The molecule has 6 heteroatoms. The van der Waals surface area contributed by atoms with Crippen molar-refractivity contribution in [2.45, 2.75) is 39.8 Å². The van der Waals surface area contributed by atoms with Crippen LogP contribution in [0.15, 0.2) is 48.5 Å². The van der Waals surface area contributed by atoms with E-state index >= 15 is 0 Å². The van der Waals surface area contributed by atoms with Crippen LogP contribution in [0.1, 0.15) is 48.4 Å². The summed E-state index contributed by atoms with van der Waals surface area (Å²) < 4.78 is 0. The maximum Gasteiger partial charge on any atom is 0.272 e. The average molecular weight is 356 g/mol. The van der Waals surface area contributed by atoms with Crippen molar-refractivity contribution in [3.8, 4) is 11.5 Å². The Morgan fingerprint density at radius 2 is 0.923 bits per heavy atom. The summed E-state index contributed by atoms with van der Waals surface area (Å²) in [6, 6.07) is 11.3. The summed E-state index contributed by atoms with van der Waals surface area (Å²) in [4.78, 5) is 26.1. The summed E-state index contributed by atoms with van der Waals surface area (Å²) >= 11 is 0. The summed E-state index contributed by atoms with van der Waals surface area (Å²) in [5.41, 5.74) is 0.751. The fourth-order valence-electron chi connectivity index (χ4n) is 2.63. The normalized spacial score (nSPS) is 10.8. The first-order valence-electron chi connectivity index (χ1n) is 8.47. The highest BCUT2D eigenvalue weighted by Gasteiger charge is 2.32. The topological polar surface area (TPSA) is 81.1 Å². The van der Waals surface area contributed by atoms with Gasteiger partial charge in [-0.3, -0.25) is 9.59 Å². The zero-order valence-electron chi connectivity index (χ0n) is 15.4. The largest absolute Gasteiger partial charge is 0.508 e. The van der Waals surface area contributed by atoms with Crippen LogP contribution in [0.25, 0.3) is 0 Å². The summed E-state index contributed by atoms with van der Waals surface area (Å²) in [7, 11) is 0. The average Bonchev–Trinajstić information content (AvgIpc) is 2.59. The van der Waals surface area contributed by atoms with E-state index in [-0.39, 0.29) is 35.4 Å². The predicted molar refractivity (Wildman–Crippen MR) is 98.8 cm³/mol. The van der Waals surface area contributed by atoms with Crippen molar-refractivity contribution in [3.63, 3.8) is 0 Å². The van der Waals surface area contributed by atoms with E-state index in [2.05, 4.69) is 0 Å². The van der Waals surface area contributed by atoms with Gasteiger partial charge in [0, 0.05) is 23.2 Å². The van der Waals surface area contributed by atoms with Gasteiger partial charge >= 0.3 is 0 Å². The van der Waals surface area contributed by atoms with Crippen LogP contribution in [0, 0.1) is 0 Å². The molecule has 0 unspecified atom stereocenters. The fraction of sp³-hybridized carbons (Fsp3) is 0.300. The van der Waals surface area contributed by atoms with Crippen LogP contribution in [0.5, 0.6) is 11.5 Å². The number of phenols is 2. The summed E-state index contributed by atoms with van der Waals surface area (Å²) in [6.07, 6.45) is 0. The first kappa shape index (κ1) is 19.3. The van der Waals surface area contributed by atoms with Gasteiger partial charge in [0.05, 0.1) is 0 Å². The van der Waals surface area contributed by atoms with Gasteiger partial charge in [-0.15, -0.1) is 0 Å². The molecule has 0 aliphatic carbocycles. The number of nitrogens with zero attached hydrogens (tertiary/aromatic N) is 2. The van der Waals surface area contributed by atoms with Gasteiger partial charge < -0.3 is 10.2 Å². The molecule has 0 heterocycles. The second-order valence-electron chi connectivity index (χ2n) is 6.58. The first-order valence-corrected chi connectivity index (χ1v) is 8.47. The molecule has 0 aromatic heterocycles. The Morgan fingerprint density at radius 1 is 0.654 bits per heavy atom. The minimum atomic E-state index is -0.333. The van der Waals surface area contributed by atoms with E-state index in [1.165, 1.54) is 58.5 Å². The molecule has 0 spiro atoms. The molecule has 138 valence electrons. The number of amides is 2. The lowest BCUT2D eigenvalue weighted by molar-refractivity contribution is -0.0313. The van der Waals surface area contributed by atoms with E-state index in [9.17, 15) is 19.8 Å². The highest BCUT2D eigenvalue weighted by Crippen LogP contribution is 2.20. The summed E-state index contributed by atoms with van der Waals surface area (Å²) in [5, 5.41) is 21.7. The van der Waals surface area contributed by atoms with Crippen LogP contribution in [0.2, 0.25) is 0 Å². The molecule has 0 fully saturated rings. The van der Waals surface area contributed by atoms with Crippen LogP contribution in [0.4, 0.5) is 0 Å². The standard InChI is InChI=1S/C20H24N2O4/c1-13(2)21(19(25)15-5-9-17(23)10-6-15)22(14(3)4)20(26)16-7-11-18(24)12-8-16/h5-14,23-24H,1-4H3. The van der Waals surface area contributed by atoms with Gasteiger partial charge in [0.15, 0.2) is 0 Å². The lowest BCUT2D eigenvalue weighted by Crippen LogP contribution is -2.55. The Hall–Kier alpha value is -3.02. The smallest absolute Gasteiger partial charge is 0.272 e. The van der Waals surface area contributed by atoms with Gasteiger partial charge in [-0.1, -0.05) is 0 Å². The lowest BCUT2D eigenvalue weighted by atomic mass is 10.1. The Labute approximate surface area is 153 Å². The zero-order valence-corrected chi connectivity index (χ0v) is 15.4. The second kappa shape index (κ2) is 7.91. The lowest BCUT2D eigenvalue weighted by Gasteiger charge is -2.40. The Kier molecular flexibility index (Phi) is 5.87. The van der Waals surface area contributed by atoms with Crippen molar-refractivity contribution in [3.05, 3.63) is 59.7 Å². The van der Waals surface area contributed by atoms with E-state index in [0.29, 0.717) is 11.1 Å². The predicted octanol–water partition coefficient (Wildman–Crippen LogP) is 3.41. The van der Waals surface area contributed by atoms with Crippen molar-refractivity contribution in [1.29, 1.82) is 0 Å². The maximum absolute atomic E-state index is 13.0. The minimum Gasteiger partial charge on any atom is -0.508 e. The highest BCUT2D eigenvalue weighted by atomic mass is 16.3. The van der Waals surface area contributed by atoms with E-state index in [1.807, 2.05) is 27.7 Å².